The molecule has 0 fully saturated rings. The molecule has 2 aliphatic heterocycles. The Bertz CT molecular complexity index is 2880. The van der Waals surface area contributed by atoms with E-state index in [4.69, 9.17) is 28.4 Å². The van der Waals surface area contributed by atoms with Crippen LogP contribution in [-0.2, 0) is 24.4 Å². The number of aromatic amines is 1. The van der Waals surface area contributed by atoms with Crippen LogP contribution in [0.4, 0.5) is 0 Å². The summed E-state index contributed by atoms with van der Waals surface area (Å²) in [5, 5.41) is 7.18. The first-order valence-corrected chi connectivity index (χ1v) is 20.2. The van der Waals surface area contributed by atoms with Crippen molar-refractivity contribution in [1.29, 1.82) is 0 Å². The Morgan fingerprint density at radius 3 is 1.49 bits per heavy atom. The maximum atomic E-state index is 14.5. The number of hydrogen-bond acceptors (Lipinski definition) is 10. The molecule has 0 spiro atoms. The Morgan fingerprint density at radius 2 is 0.984 bits per heavy atom. The minimum absolute atomic E-state index is 0.0230. The number of ether oxygens (including phenoxy) is 6. The second-order valence-electron chi connectivity index (χ2n) is 14.9. The zero-order chi connectivity index (χ0) is 42.8. The predicted molar refractivity (Wildman–Crippen MR) is 230 cm³/mol. The lowest BCUT2D eigenvalue weighted by Gasteiger charge is -2.28. The molecule has 0 bridgehead atoms. The highest BCUT2D eigenvalue weighted by Gasteiger charge is 2.49. The van der Waals surface area contributed by atoms with Crippen LogP contribution in [0.1, 0.15) is 64.7 Å². The van der Waals surface area contributed by atoms with Crippen molar-refractivity contribution in [2.24, 2.45) is 0 Å². The molecule has 0 unspecified atom stereocenters. The third kappa shape index (κ3) is 7.31. The van der Waals surface area contributed by atoms with E-state index < -0.39 is 23.5 Å². The summed E-state index contributed by atoms with van der Waals surface area (Å²) in [4.78, 5) is 40.6. The number of aryl methyl sites for hydroxylation is 2. The van der Waals surface area contributed by atoms with Gasteiger partial charge in [0.05, 0.1) is 5.56 Å². The molecule has 11 nitrogen and oxygen atoms in total. The van der Waals surface area contributed by atoms with E-state index in [0.717, 1.165) is 17.7 Å². The van der Waals surface area contributed by atoms with Gasteiger partial charge in [-0.1, -0.05) is 152 Å². The van der Waals surface area contributed by atoms with Gasteiger partial charge >= 0.3 is 23.5 Å². The van der Waals surface area contributed by atoms with Gasteiger partial charge in [-0.05, 0) is 48.7 Å². The zero-order valence-electron chi connectivity index (χ0n) is 33.4. The van der Waals surface area contributed by atoms with Crippen LogP contribution in [0.15, 0.2) is 182 Å². The van der Waals surface area contributed by atoms with Crippen molar-refractivity contribution in [1.82, 2.24) is 10.2 Å². The first kappa shape index (κ1) is 38.7. The van der Waals surface area contributed by atoms with Gasteiger partial charge in [-0.2, -0.15) is 5.10 Å². The summed E-state index contributed by atoms with van der Waals surface area (Å²) >= 11 is 0. The molecule has 8 aromatic rings. The molecule has 11 heteroatoms. The van der Waals surface area contributed by atoms with E-state index in [1.54, 1.807) is 6.07 Å². The number of esters is 2. The molecule has 0 saturated carbocycles. The maximum absolute atomic E-state index is 14.5. The number of nitrogens with one attached hydrogen (secondary N) is 1. The fourth-order valence-corrected chi connectivity index (χ4v) is 7.77. The van der Waals surface area contributed by atoms with E-state index in [-0.39, 0.29) is 51.3 Å². The van der Waals surface area contributed by atoms with Gasteiger partial charge < -0.3 is 28.4 Å². The number of benzene rings is 7. The van der Waals surface area contributed by atoms with Crippen molar-refractivity contribution in [3.63, 3.8) is 0 Å². The largest absolute Gasteiger partial charge is 0.440 e. The molecule has 1 aromatic heterocycles. The molecule has 10 rings (SSSR count). The minimum Gasteiger partial charge on any atom is -0.440 e. The Balaban J connectivity index is 1.02. The van der Waals surface area contributed by atoms with Crippen molar-refractivity contribution >= 4 is 18.2 Å². The first-order chi connectivity index (χ1) is 30.9. The predicted octanol–water partition coefficient (Wildman–Crippen LogP) is 9.79. The highest BCUT2D eigenvalue weighted by Crippen LogP contribution is 2.54. The Kier molecular flexibility index (Phi) is 9.96. The Hall–Kier alpha value is -8.44. The summed E-state index contributed by atoms with van der Waals surface area (Å²) < 4.78 is 38.8. The number of hydrogen-bond donors (Lipinski definition) is 1. The third-order valence-corrected chi connectivity index (χ3v) is 10.8. The van der Waals surface area contributed by atoms with Gasteiger partial charge in [0.1, 0.15) is 6.29 Å². The van der Waals surface area contributed by atoms with Crippen molar-refractivity contribution in [3.8, 4) is 34.5 Å². The summed E-state index contributed by atoms with van der Waals surface area (Å²) in [7, 11) is 0. The Morgan fingerprint density at radius 1 is 0.524 bits per heavy atom. The van der Waals surface area contributed by atoms with Crippen molar-refractivity contribution < 1.29 is 42.8 Å². The normalized spacial score (nSPS) is 13.8. The second kappa shape index (κ2) is 16.2. The third-order valence-electron chi connectivity index (χ3n) is 10.8. The van der Waals surface area contributed by atoms with E-state index in [9.17, 15) is 14.4 Å². The van der Waals surface area contributed by atoms with Gasteiger partial charge in [0.15, 0.2) is 28.7 Å². The number of rotatable bonds is 12. The molecule has 0 radical (unpaired) electrons. The van der Waals surface area contributed by atoms with Gasteiger partial charge in [-0.15, -0.1) is 0 Å². The molecule has 63 heavy (non-hydrogen) atoms. The molecule has 0 saturated heterocycles. The van der Waals surface area contributed by atoms with Crippen LogP contribution >= 0.6 is 0 Å². The lowest BCUT2D eigenvalue weighted by atomic mass is 9.97. The molecule has 1 N–H and O–H groups in total. The van der Waals surface area contributed by atoms with E-state index in [1.165, 1.54) is 24.3 Å². The number of aldehydes is 1. The molecule has 308 valence electrons. The van der Waals surface area contributed by atoms with Gasteiger partial charge in [0.2, 0.25) is 11.5 Å². The van der Waals surface area contributed by atoms with E-state index >= 15 is 0 Å². The second-order valence-corrected chi connectivity index (χ2v) is 14.9. The number of carbonyl (C=O) groups excluding carboxylic acids is 3. The molecular weight excluding hydrogens is 797 g/mol. The Labute approximate surface area is 361 Å². The van der Waals surface area contributed by atoms with E-state index in [0.29, 0.717) is 35.0 Å². The molecular formula is C52H36N2O9. The topological polar surface area (TPSA) is 135 Å². The highest BCUT2D eigenvalue weighted by atomic mass is 16.7. The number of fused-ring (bicyclic) bond motifs is 2. The molecule has 0 amide bonds. The summed E-state index contributed by atoms with van der Waals surface area (Å²) in [6.45, 7) is 0. The summed E-state index contributed by atoms with van der Waals surface area (Å²) in [6.07, 6.45) is 1.96. The van der Waals surface area contributed by atoms with Crippen LogP contribution in [-0.4, -0.2) is 28.4 Å². The highest BCUT2D eigenvalue weighted by molar-refractivity contribution is 5.95. The fraction of sp³-hybridized carbons (Fsp3) is 0.0769. The fourth-order valence-electron chi connectivity index (χ4n) is 7.77. The lowest BCUT2D eigenvalue weighted by molar-refractivity contribution is -0.0468. The summed E-state index contributed by atoms with van der Waals surface area (Å²) in [6, 6.07) is 54.6. The van der Waals surface area contributed by atoms with Crippen molar-refractivity contribution in [2.45, 2.75) is 24.4 Å². The first-order valence-electron chi connectivity index (χ1n) is 20.2. The quantitative estimate of drug-likeness (QED) is 0.0720. The van der Waals surface area contributed by atoms with Crippen LogP contribution in [0.25, 0.3) is 0 Å². The molecule has 2 aliphatic rings. The standard InChI is InChI=1S/C52H36N2O9/c55-33-35-28-43(47-45(29-35)60-51(62-47,37-18-8-2-9-19-37)38-20-10-3-11-21-38)58-49(56)36-30-44(59-50(57)42-32-41(53-54-42)27-26-34-16-6-1-7-17-34)48-46(31-36)61-52(63-48,39-22-12-4-13-23-39)40-24-14-5-15-25-40/h1-25,28-33H,26-27H2,(H,53,54). The van der Waals surface area contributed by atoms with Gasteiger partial charge in [0.25, 0.3) is 0 Å². The SMILES string of the molecule is O=Cc1cc(OC(=O)c2cc(OC(=O)c3cc(CCc4ccccc4)[nH]n3)c3c(c2)OC(c2ccccc2)(c2ccccc2)O3)c2c(c1)OC(c1ccccc1)(c1ccccc1)O2. The van der Waals surface area contributed by atoms with Crippen LogP contribution in [0.2, 0.25) is 0 Å². The number of aromatic nitrogens is 2. The zero-order valence-corrected chi connectivity index (χ0v) is 33.4. The molecule has 7 aromatic carbocycles. The van der Waals surface area contributed by atoms with Crippen LogP contribution in [0.3, 0.4) is 0 Å². The number of H-pyrrole nitrogens is 1. The average molecular weight is 833 g/mol. The summed E-state index contributed by atoms with van der Waals surface area (Å²) in [5.74, 6) is -4.43. The van der Waals surface area contributed by atoms with Crippen LogP contribution in [0.5, 0.6) is 34.5 Å². The van der Waals surface area contributed by atoms with Crippen molar-refractivity contribution in [2.75, 3.05) is 0 Å². The van der Waals surface area contributed by atoms with E-state index in [2.05, 4.69) is 10.2 Å². The van der Waals surface area contributed by atoms with Gasteiger partial charge in [0, 0.05) is 33.5 Å². The molecule has 0 atom stereocenters. The number of carbonyl (C=O) groups is 3. The maximum Gasteiger partial charge on any atom is 0.364 e. The smallest absolute Gasteiger partial charge is 0.364 e. The summed E-state index contributed by atoms with van der Waals surface area (Å²) in [5.41, 5.74) is 4.63. The van der Waals surface area contributed by atoms with Crippen LogP contribution in [0, 0.1) is 0 Å². The minimum atomic E-state index is -1.53. The van der Waals surface area contributed by atoms with E-state index in [1.807, 2.05) is 152 Å². The lowest BCUT2D eigenvalue weighted by Crippen LogP contribution is -2.36. The van der Waals surface area contributed by atoms with Gasteiger partial charge in [-0.25, -0.2) is 9.59 Å². The number of nitrogens with zero attached hydrogens (tertiary/aromatic N) is 1. The molecule has 3 heterocycles. The monoisotopic (exact) mass is 832 g/mol. The average Bonchev–Trinajstić information content (AvgIpc) is 4.10. The van der Waals surface area contributed by atoms with Crippen molar-refractivity contribution in [3.05, 3.63) is 232 Å². The molecule has 0 aliphatic carbocycles. The van der Waals surface area contributed by atoms with Gasteiger partial charge in [-0.3, -0.25) is 9.89 Å². The van der Waals surface area contributed by atoms with Crippen LogP contribution < -0.4 is 28.4 Å².